The number of aryl methyl sites for hydroxylation is 2. The summed E-state index contributed by atoms with van der Waals surface area (Å²) in [7, 11) is 0. The summed E-state index contributed by atoms with van der Waals surface area (Å²) >= 11 is 9.99. The van der Waals surface area contributed by atoms with Crippen LogP contribution in [0.4, 0.5) is 0 Å². The molecule has 2 atom stereocenters. The number of nitrogens with zero attached hydrogens (tertiary/aromatic N) is 2. The van der Waals surface area contributed by atoms with E-state index in [9.17, 15) is 0 Å². The lowest BCUT2D eigenvalue weighted by atomic mass is 10.1. The largest absolute Gasteiger partial charge is 0.311 e. The van der Waals surface area contributed by atoms with Crippen LogP contribution in [0.2, 0.25) is 0 Å². The first kappa shape index (κ1) is 15.3. The fourth-order valence-electron chi connectivity index (χ4n) is 2.78. The molecule has 0 radical (unpaired) electrons. The molecular formula is C14H23BrClN3. The molecule has 1 fully saturated rings. The molecule has 19 heavy (non-hydrogen) atoms. The number of hydrogen-bond acceptors (Lipinski definition) is 2. The van der Waals surface area contributed by atoms with Crippen molar-refractivity contribution in [3.05, 3.63) is 15.9 Å². The Morgan fingerprint density at radius 3 is 2.79 bits per heavy atom. The van der Waals surface area contributed by atoms with Gasteiger partial charge in [0.1, 0.15) is 0 Å². The van der Waals surface area contributed by atoms with E-state index in [4.69, 9.17) is 11.6 Å². The monoisotopic (exact) mass is 347 g/mol. The summed E-state index contributed by atoms with van der Waals surface area (Å²) in [4.78, 5) is 0. The molecule has 5 heteroatoms. The highest BCUT2D eigenvalue weighted by molar-refractivity contribution is 9.10. The van der Waals surface area contributed by atoms with Gasteiger partial charge >= 0.3 is 0 Å². The first-order valence-corrected chi connectivity index (χ1v) is 8.49. The summed E-state index contributed by atoms with van der Waals surface area (Å²) in [6, 6.07) is 0. The van der Waals surface area contributed by atoms with Gasteiger partial charge in [0.2, 0.25) is 0 Å². The van der Waals surface area contributed by atoms with Crippen LogP contribution in [0.15, 0.2) is 4.47 Å². The van der Waals surface area contributed by atoms with Gasteiger partial charge in [0.05, 0.1) is 15.9 Å². The second-order valence-electron chi connectivity index (χ2n) is 5.21. The van der Waals surface area contributed by atoms with Gasteiger partial charge in [0.25, 0.3) is 0 Å². The minimum Gasteiger partial charge on any atom is -0.311 e. The third-order valence-electron chi connectivity index (χ3n) is 3.96. The molecule has 1 aromatic heterocycles. The van der Waals surface area contributed by atoms with Gasteiger partial charge in [-0.25, -0.2) is 0 Å². The molecule has 0 aromatic carbocycles. The lowest BCUT2D eigenvalue weighted by Gasteiger charge is -2.15. The van der Waals surface area contributed by atoms with Crippen LogP contribution < -0.4 is 5.32 Å². The Morgan fingerprint density at radius 1 is 1.42 bits per heavy atom. The Bertz CT molecular complexity index is 419. The van der Waals surface area contributed by atoms with Crippen molar-refractivity contribution in [1.29, 1.82) is 0 Å². The van der Waals surface area contributed by atoms with Gasteiger partial charge in [-0.3, -0.25) is 4.68 Å². The zero-order chi connectivity index (χ0) is 13.8. The minimum atomic E-state index is 0.359. The summed E-state index contributed by atoms with van der Waals surface area (Å²) in [5.41, 5.74) is 2.40. The number of rotatable bonds is 6. The second kappa shape index (κ2) is 7.09. The molecule has 0 amide bonds. The van der Waals surface area contributed by atoms with Crippen molar-refractivity contribution in [3.63, 3.8) is 0 Å². The maximum atomic E-state index is 6.31. The first-order valence-electron chi connectivity index (χ1n) is 7.26. The predicted octanol–water partition coefficient (Wildman–Crippen LogP) is 3.73. The molecule has 108 valence electrons. The summed E-state index contributed by atoms with van der Waals surface area (Å²) < 4.78 is 3.25. The van der Waals surface area contributed by atoms with E-state index in [1.165, 1.54) is 25.0 Å². The molecule has 1 saturated carbocycles. The van der Waals surface area contributed by atoms with Crippen LogP contribution in [-0.2, 0) is 19.5 Å². The van der Waals surface area contributed by atoms with Crippen molar-refractivity contribution in [2.75, 3.05) is 6.54 Å². The van der Waals surface area contributed by atoms with Crippen LogP contribution in [0, 0.1) is 5.92 Å². The quantitative estimate of drug-likeness (QED) is 0.794. The maximum Gasteiger partial charge on any atom is 0.0767 e. The smallest absolute Gasteiger partial charge is 0.0767 e. The Hall–Kier alpha value is -0.0600. The Balaban J connectivity index is 1.93. The van der Waals surface area contributed by atoms with Gasteiger partial charge in [-0.2, -0.15) is 5.10 Å². The molecule has 0 aliphatic heterocycles. The van der Waals surface area contributed by atoms with E-state index in [0.717, 1.165) is 36.2 Å². The van der Waals surface area contributed by atoms with Crippen molar-refractivity contribution >= 4 is 27.5 Å². The molecule has 0 spiro atoms. The number of nitrogens with one attached hydrogen (secondary N) is 1. The van der Waals surface area contributed by atoms with Crippen molar-refractivity contribution in [2.45, 2.75) is 58.0 Å². The van der Waals surface area contributed by atoms with E-state index in [1.807, 2.05) is 0 Å². The van der Waals surface area contributed by atoms with Gasteiger partial charge in [-0.05, 0) is 54.6 Å². The van der Waals surface area contributed by atoms with Crippen LogP contribution in [-0.4, -0.2) is 21.7 Å². The van der Waals surface area contributed by atoms with E-state index in [1.54, 1.807) is 0 Å². The molecule has 0 saturated heterocycles. The van der Waals surface area contributed by atoms with E-state index in [0.29, 0.717) is 11.3 Å². The standard InChI is InChI=1S/C14H23BrClN3/c1-3-12-14(15)13(19(4-2)18-12)9-17-8-10-6-5-7-11(10)16/h10-11,17H,3-9H2,1-2H3. The SMILES string of the molecule is CCc1nn(CC)c(CNCC2CCCC2Cl)c1Br. The zero-order valence-electron chi connectivity index (χ0n) is 11.8. The summed E-state index contributed by atoms with van der Waals surface area (Å²) in [6.45, 7) is 7.06. The Morgan fingerprint density at radius 2 is 2.21 bits per heavy atom. The molecule has 0 bridgehead atoms. The lowest BCUT2D eigenvalue weighted by Crippen LogP contribution is -2.26. The average molecular weight is 349 g/mol. The van der Waals surface area contributed by atoms with E-state index in [2.05, 4.69) is 44.9 Å². The molecule has 1 aliphatic carbocycles. The van der Waals surface area contributed by atoms with Gasteiger partial charge in [-0.1, -0.05) is 13.3 Å². The highest BCUT2D eigenvalue weighted by Gasteiger charge is 2.25. The van der Waals surface area contributed by atoms with Crippen LogP contribution in [0.5, 0.6) is 0 Å². The maximum absolute atomic E-state index is 6.31. The molecule has 2 unspecified atom stereocenters. The second-order valence-corrected chi connectivity index (χ2v) is 6.57. The van der Waals surface area contributed by atoms with Gasteiger partial charge in [0.15, 0.2) is 0 Å². The third-order valence-corrected chi connectivity index (χ3v) is 5.45. The first-order chi connectivity index (χ1) is 9.17. The minimum absolute atomic E-state index is 0.359. The summed E-state index contributed by atoms with van der Waals surface area (Å²) in [5.74, 6) is 0.629. The highest BCUT2D eigenvalue weighted by Crippen LogP contribution is 2.29. The van der Waals surface area contributed by atoms with Crippen molar-refractivity contribution in [1.82, 2.24) is 15.1 Å². The van der Waals surface area contributed by atoms with Crippen LogP contribution in [0.25, 0.3) is 0 Å². The Labute approximate surface area is 129 Å². The summed E-state index contributed by atoms with van der Waals surface area (Å²) in [6.07, 6.45) is 4.67. The van der Waals surface area contributed by atoms with Crippen molar-refractivity contribution in [3.8, 4) is 0 Å². The molecular weight excluding hydrogens is 326 g/mol. The van der Waals surface area contributed by atoms with Crippen LogP contribution >= 0.6 is 27.5 Å². The molecule has 1 heterocycles. The average Bonchev–Trinajstić information content (AvgIpc) is 2.95. The number of aromatic nitrogens is 2. The van der Waals surface area contributed by atoms with E-state index >= 15 is 0 Å². The number of hydrogen-bond donors (Lipinski definition) is 1. The highest BCUT2D eigenvalue weighted by atomic mass is 79.9. The number of halogens is 2. The number of alkyl halides is 1. The van der Waals surface area contributed by atoms with Crippen LogP contribution in [0.3, 0.4) is 0 Å². The van der Waals surface area contributed by atoms with E-state index < -0.39 is 0 Å². The normalized spacial score (nSPS) is 23.2. The molecule has 1 aromatic rings. The van der Waals surface area contributed by atoms with Crippen molar-refractivity contribution < 1.29 is 0 Å². The fourth-order valence-corrected chi connectivity index (χ4v) is 3.86. The van der Waals surface area contributed by atoms with Gasteiger partial charge < -0.3 is 5.32 Å². The molecule has 3 nitrogen and oxygen atoms in total. The topological polar surface area (TPSA) is 29.9 Å². The van der Waals surface area contributed by atoms with E-state index in [-0.39, 0.29) is 0 Å². The lowest BCUT2D eigenvalue weighted by molar-refractivity contribution is 0.481. The zero-order valence-corrected chi connectivity index (χ0v) is 14.1. The fraction of sp³-hybridized carbons (Fsp3) is 0.786. The molecule has 2 rings (SSSR count). The molecule has 1 aliphatic rings. The summed E-state index contributed by atoms with van der Waals surface area (Å²) in [5, 5.41) is 8.53. The predicted molar refractivity (Wildman–Crippen MR) is 83.7 cm³/mol. The Kier molecular flexibility index (Phi) is 5.72. The van der Waals surface area contributed by atoms with Crippen LogP contribution in [0.1, 0.15) is 44.5 Å². The molecule has 1 N–H and O–H groups in total. The van der Waals surface area contributed by atoms with Gasteiger partial charge in [-0.15, -0.1) is 11.6 Å². The van der Waals surface area contributed by atoms with Gasteiger partial charge in [0, 0.05) is 18.5 Å². The van der Waals surface area contributed by atoms with Crippen molar-refractivity contribution in [2.24, 2.45) is 5.92 Å². The third kappa shape index (κ3) is 3.53.